The minimum atomic E-state index is -1.83. The molecule has 0 aliphatic carbocycles. The predicted molar refractivity (Wildman–Crippen MR) is 20.5 cm³/mol. The molecule has 3 N–H and O–H groups in total. The summed E-state index contributed by atoms with van der Waals surface area (Å²) in [6.45, 7) is -0.250. The molecule has 0 atom stereocenters. The van der Waals surface area contributed by atoms with Gasteiger partial charge in [0.1, 0.15) is 0 Å². The van der Waals surface area contributed by atoms with Crippen molar-refractivity contribution in [2.24, 2.45) is 0 Å². The van der Waals surface area contributed by atoms with Crippen LogP contribution in [0.5, 0.6) is 0 Å². The van der Waals surface area contributed by atoms with Gasteiger partial charge < -0.3 is 16.7 Å². The first kappa shape index (κ1) is 15.7. The third-order valence-electron chi connectivity index (χ3n) is 0. The van der Waals surface area contributed by atoms with Crippen molar-refractivity contribution < 1.29 is 45.2 Å². The van der Waals surface area contributed by atoms with E-state index in [0.29, 0.717) is 0 Å². The average molecular weight is 116 g/mol. The molecule has 0 unspecified atom stereocenters. The molecule has 0 heterocycles. The van der Waals surface area contributed by atoms with Gasteiger partial charge >= 0.3 is 25.0 Å². The minimum absolute atomic E-state index is 0. The number of hydrogen-bond donors (Lipinski definition) is 3. The smallest absolute Gasteiger partial charge is 1.00 e. The van der Waals surface area contributed by atoms with E-state index in [0.717, 1.165) is 0 Å². The number of carbonyl (C=O) groups is 2. The molecule has 5 nitrogen and oxygen atoms in total. The summed E-state index contributed by atoms with van der Waals surface area (Å²) in [4.78, 5) is 16.9. The molecule has 0 aliphatic heterocycles. The fourth-order valence-electron chi connectivity index (χ4n) is 0. The van der Waals surface area contributed by atoms with E-state index in [4.69, 9.17) is 24.9 Å². The van der Waals surface area contributed by atoms with Crippen molar-refractivity contribution in [3.63, 3.8) is 0 Å². The molecule has 0 rings (SSSR count). The normalized spacial score (nSPS) is 4.50. The Morgan fingerprint density at radius 2 is 1.50 bits per heavy atom. The molecule has 0 aliphatic rings. The van der Waals surface area contributed by atoms with Gasteiger partial charge in [0.2, 0.25) is 0 Å². The molecule has 0 amide bonds. The molecule has 0 bridgehead atoms. The van der Waals surface area contributed by atoms with Crippen molar-refractivity contribution in [3.8, 4) is 0 Å². The summed E-state index contributed by atoms with van der Waals surface area (Å²) < 4.78 is 0. The summed E-state index contributed by atoms with van der Waals surface area (Å²) in [5, 5.41) is 20.8. The Morgan fingerprint density at radius 1 is 1.50 bits per heavy atom. The van der Waals surface area contributed by atoms with E-state index in [1.54, 1.807) is 0 Å². The van der Waals surface area contributed by atoms with E-state index in [1.165, 1.54) is 0 Å². The molecule has 44 valence electrons. The van der Waals surface area contributed by atoms with Crippen LogP contribution in [0.1, 0.15) is 1.43 Å². The van der Waals surface area contributed by atoms with E-state index in [1.807, 2.05) is 0 Å². The Balaban J connectivity index is -0.0000000233. The molecule has 0 fully saturated rings. The van der Waals surface area contributed by atoms with Gasteiger partial charge in [0.25, 0.3) is 6.47 Å². The van der Waals surface area contributed by atoms with Crippen LogP contribution in [-0.2, 0) is 4.79 Å². The topological polar surface area (TPSA) is 94.8 Å². The maximum atomic E-state index is 8.56. The second-order valence-electron chi connectivity index (χ2n) is 0.388. The monoisotopic (exact) mass is 116 g/mol. The van der Waals surface area contributed by atoms with Crippen molar-refractivity contribution in [3.05, 3.63) is 0 Å². The van der Waals surface area contributed by atoms with Gasteiger partial charge in [-0.15, -0.1) is 0 Å². The van der Waals surface area contributed by atoms with Crippen LogP contribution >= 0.6 is 0 Å². The first-order valence-corrected chi connectivity index (χ1v) is 1.15. The zero-order valence-electron chi connectivity index (χ0n) is 5.24. The molecule has 6 heteroatoms. The molecule has 8 heavy (non-hydrogen) atoms. The van der Waals surface area contributed by atoms with Crippen LogP contribution < -0.4 is 18.9 Å². The molecule has 0 saturated heterocycles. The van der Waals surface area contributed by atoms with E-state index < -0.39 is 6.16 Å². The quantitative estimate of drug-likeness (QED) is 0.232. The second-order valence-corrected chi connectivity index (χ2v) is 0.388. The van der Waals surface area contributed by atoms with Crippen molar-refractivity contribution >= 4 is 12.6 Å². The van der Waals surface area contributed by atoms with Crippen molar-refractivity contribution in [1.29, 1.82) is 0 Å². The summed E-state index contributed by atoms with van der Waals surface area (Å²) in [5.74, 6) is 0. The van der Waals surface area contributed by atoms with Gasteiger partial charge in [-0.3, -0.25) is 4.79 Å². The zero-order chi connectivity index (χ0) is 6.28. The maximum Gasteiger partial charge on any atom is 1.00 e. The van der Waals surface area contributed by atoms with Gasteiger partial charge in [0.05, 0.1) is 0 Å². The second kappa shape index (κ2) is 16.2. The summed E-state index contributed by atoms with van der Waals surface area (Å²) in [6.07, 6.45) is -1.83. The third kappa shape index (κ3) is 229. The Morgan fingerprint density at radius 3 is 1.50 bits per heavy atom. The van der Waals surface area contributed by atoms with Gasteiger partial charge in [-0.05, 0) is 0 Å². The summed E-state index contributed by atoms with van der Waals surface area (Å²) in [6, 6.07) is 0. The molecule has 0 aromatic rings. The molecule has 0 saturated carbocycles. The van der Waals surface area contributed by atoms with E-state index >= 15 is 0 Å². The van der Waals surface area contributed by atoms with Crippen molar-refractivity contribution in [2.75, 3.05) is 0 Å². The number of carboxylic acid groups (broad SMARTS) is 3. The van der Waals surface area contributed by atoms with Gasteiger partial charge in [0, 0.05) is 0 Å². The first-order chi connectivity index (χ1) is 3.15. The van der Waals surface area contributed by atoms with Crippen LogP contribution in [0.4, 0.5) is 4.79 Å². The Kier molecular flexibility index (Phi) is 31.7. The Bertz CT molecular complexity index is 62.0. The van der Waals surface area contributed by atoms with Crippen LogP contribution in [-0.4, -0.2) is 27.9 Å². The standard InChI is InChI=1S/CH2O3.CH2O2.Li.H/c2-1(3)4;2-1-3;;/h(H2,2,3,4);1H,(H,2,3);;/q;;+1;-1. The molecule has 0 aromatic carbocycles. The van der Waals surface area contributed by atoms with E-state index in [2.05, 4.69) is 0 Å². The van der Waals surface area contributed by atoms with Crippen LogP contribution in [0.3, 0.4) is 0 Å². The van der Waals surface area contributed by atoms with Crippen molar-refractivity contribution in [2.45, 2.75) is 0 Å². The SMILES string of the molecule is O=C(O)O.O=CO.[H-].[Li+]. The molecule has 0 aromatic heterocycles. The molecular formula is C2H5LiO5. The summed E-state index contributed by atoms with van der Waals surface area (Å²) >= 11 is 0. The van der Waals surface area contributed by atoms with Crippen LogP contribution in [0, 0.1) is 0 Å². The average Bonchev–Trinajstić information content (AvgIpc) is 1.33. The van der Waals surface area contributed by atoms with Crippen LogP contribution in [0.15, 0.2) is 0 Å². The Hall–Kier alpha value is -0.663. The van der Waals surface area contributed by atoms with E-state index in [9.17, 15) is 0 Å². The minimum Gasteiger partial charge on any atom is -1.00 e. The van der Waals surface area contributed by atoms with Gasteiger partial charge in [-0.1, -0.05) is 0 Å². The van der Waals surface area contributed by atoms with E-state index in [-0.39, 0.29) is 26.8 Å². The Labute approximate surface area is 58.6 Å². The fraction of sp³-hybridized carbons (Fsp3) is 0. The molecule has 0 radical (unpaired) electrons. The fourth-order valence-corrected chi connectivity index (χ4v) is 0. The predicted octanol–water partition coefficient (Wildman–Crippen LogP) is -2.96. The van der Waals surface area contributed by atoms with Crippen molar-refractivity contribution in [1.82, 2.24) is 0 Å². The maximum absolute atomic E-state index is 8.56. The summed E-state index contributed by atoms with van der Waals surface area (Å²) in [7, 11) is 0. The third-order valence-corrected chi connectivity index (χ3v) is 0. The van der Waals surface area contributed by atoms with Crippen LogP contribution in [0.2, 0.25) is 0 Å². The summed E-state index contributed by atoms with van der Waals surface area (Å²) in [5.41, 5.74) is 0. The van der Waals surface area contributed by atoms with Crippen LogP contribution in [0.25, 0.3) is 0 Å². The number of hydrogen-bond acceptors (Lipinski definition) is 2. The van der Waals surface area contributed by atoms with Gasteiger partial charge in [0.15, 0.2) is 0 Å². The molecular weight excluding hydrogens is 111 g/mol. The number of rotatable bonds is 0. The van der Waals surface area contributed by atoms with Gasteiger partial charge in [-0.2, -0.15) is 0 Å². The van der Waals surface area contributed by atoms with Gasteiger partial charge in [-0.25, -0.2) is 4.79 Å². The zero-order valence-corrected chi connectivity index (χ0v) is 4.24. The molecule has 0 spiro atoms. The first-order valence-electron chi connectivity index (χ1n) is 1.15. The largest absolute Gasteiger partial charge is 1.00 e.